The molecule has 17 heavy (non-hydrogen) atoms. The molecule has 0 aliphatic heterocycles. The molecule has 3 heteroatoms. The van der Waals surface area contributed by atoms with Crippen molar-refractivity contribution in [2.45, 2.75) is 26.2 Å². The number of hydrogen-bond acceptors (Lipinski definition) is 2. The van der Waals surface area contributed by atoms with E-state index in [0.29, 0.717) is 0 Å². The van der Waals surface area contributed by atoms with Crippen LogP contribution in [0.25, 0.3) is 0 Å². The molecule has 0 aromatic heterocycles. The number of methoxy groups -OCH3 is 1. The average Bonchev–Trinajstić information content (AvgIpc) is 3.08. The Morgan fingerprint density at radius 1 is 1.53 bits per heavy atom. The smallest absolute Gasteiger partial charge is 0.306 e. The van der Waals surface area contributed by atoms with Crippen molar-refractivity contribution in [2.75, 3.05) is 7.11 Å². The maximum atomic E-state index is 10.8. The predicted octanol–water partition coefficient (Wildman–Crippen LogP) is 2.52. The molecule has 2 unspecified atom stereocenters. The van der Waals surface area contributed by atoms with Crippen LogP contribution in [0, 0.1) is 11.8 Å². The summed E-state index contributed by atoms with van der Waals surface area (Å²) in [6, 6.07) is 6.17. The van der Waals surface area contributed by atoms with Crippen LogP contribution in [0.2, 0.25) is 0 Å². The summed E-state index contributed by atoms with van der Waals surface area (Å²) in [6.07, 6.45) is 2.60. The molecular formula is C14H18O3. The van der Waals surface area contributed by atoms with Crippen molar-refractivity contribution >= 4 is 5.97 Å². The molecule has 0 bridgehead atoms. The lowest BCUT2D eigenvalue weighted by Crippen LogP contribution is -2.02. The fraction of sp³-hybridized carbons (Fsp3) is 0.500. The summed E-state index contributed by atoms with van der Waals surface area (Å²) in [5.41, 5.74) is 2.41. The van der Waals surface area contributed by atoms with Gasteiger partial charge in [0.25, 0.3) is 0 Å². The van der Waals surface area contributed by atoms with Gasteiger partial charge in [-0.15, -0.1) is 0 Å². The Kier molecular flexibility index (Phi) is 3.36. The maximum absolute atomic E-state index is 10.8. The molecule has 1 aliphatic carbocycles. The highest BCUT2D eigenvalue weighted by Gasteiger charge is 2.43. The first-order valence-corrected chi connectivity index (χ1v) is 6.04. The van der Waals surface area contributed by atoms with Gasteiger partial charge in [-0.05, 0) is 42.4 Å². The van der Waals surface area contributed by atoms with Crippen molar-refractivity contribution in [2.24, 2.45) is 11.8 Å². The molecule has 3 nitrogen and oxygen atoms in total. The minimum Gasteiger partial charge on any atom is -0.496 e. The average molecular weight is 234 g/mol. The molecule has 0 radical (unpaired) electrons. The Labute approximate surface area is 101 Å². The van der Waals surface area contributed by atoms with Gasteiger partial charge in [-0.3, -0.25) is 4.79 Å². The van der Waals surface area contributed by atoms with Crippen LogP contribution in [-0.4, -0.2) is 18.2 Å². The minimum absolute atomic E-state index is 0.148. The van der Waals surface area contributed by atoms with Crippen molar-refractivity contribution in [1.29, 1.82) is 0 Å². The second-order valence-corrected chi connectivity index (χ2v) is 4.64. The van der Waals surface area contributed by atoms with Crippen molar-refractivity contribution in [3.05, 3.63) is 29.3 Å². The molecule has 1 saturated carbocycles. The van der Waals surface area contributed by atoms with Crippen LogP contribution in [0.1, 0.15) is 24.5 Å². The van der Waals surface area contributed by atoms with Gasteiger partial charge in [0.1, 0.15) is 5.75 Å². The van der Waals surface area contributed by atoms with Gasteiger partial charge < -0.3 is 9.84 Å². The molecule has 2 atom stereocenters. The molecule has 0 heterocycles. The molecule has 0 amide bonds. The van der Waals surface area contributed by atoms with E-state index >= 15 is 0 Å². The SMILES string of the molecule is CCc1ccc(OC)c(CC2CC2C(=O)O)c1. The van der Waals surface area contributed by atoms with Crippen LogP contribution in [0.3, 0.4) is 0 Å². The van der Waals surface area contributed by atoms with Crippen molar-refractivity contribution in [1.82, 2.24) is 0 Å². The molecular weight excluding hydrogens is 216 g/mol. The lowest BCUT2D eigenvalue weighted by molar-refractivity contribution is -0.138. The van der Waals surface area contributed by atoms with Crippen LogP contribution in [-0.2, 0) is 17.6 Å². The van der Waals surface area contributed by atoms with E-state index in [1.165, 1.54) is 5.56 Å². The molecule has 0 saturated heterocycles. The van der Waals surface area contributed by atoms with E-state index < -0.39 is 5.97 Å². The third kappa shape index (κ3) is 2.60. The third-order valence-electron chi connectivity index (χ3n) is 3.47. The Morgan fingerprint density at radius 3 is 2.82 bits per heavy atom. The van der Waals surface area contributed by atoms with Crippen LogP contribution in [0.4, 0.5) is 0 Å². The standard InChI is InChI=1S/C14H18O3/c1-3-9-4-5-13(17-2)11(6-9)7-10-8-12(10)14(15)16/h4-6,10,12H,3,7-8H2,1-2H3,(H,15,16). The highest BCUT2D eigenvalue weighted by atomic mass is 16.5. The molecule has 92 valence electrons. The zero-order valence-corrected chi connectivity index (χ0v) is 10.3. The first-order chi connectivity index (χ1) is 8.15. The van der Waals surface area contributed by atoms with Gasteiger partial charge in [0.2, 0.25) is 0 Å². The van der Waals surface area contributed by atoms with Gasteiger partial charge in [0.15, 0.2) is 0 Å². The largest absolute Gasteiger partial charge is 0.496 e. The van der Waals surface area contributed by atoms with Crippen molar-refractivity contribution in [3.8, 4) is 5.75 Å². The predicted molar refractivity (Wildman–Crippen MR) is 65.3 cm³/mol. The van der Waals surface area contributed by atoms with Gasteiger partial charge >= 0.3 is 5.97 Å². The molecule has 0 spiro atoms. The summed E-state index contributed by atoms with van der Waals surface area (Å²) in [5.74, 6) is 0.345. The number of benzene rings is 1. The summed E-state index contributed by atoms with van der Waals surface area (Å²) < 4.78 is 5.32. The Hall–Kier alpha value is -1.51. The van der Waals surface area contributed by atoms with Gasteiger partial charge in [-0.2, -0.15) is 0 Å². The van der Waals surface area contributed by atoms with E-state index in [-0.39, 0.29) is 11.8 Å². The fourth-order valence-corrected chi connectivity index (χ4v) is 2.27. The highest BCUT2D eigenvalue weighted by molar-refractivity contribution is 5.73. The summed E-state index contributed by atoms with van der Waals surface area (Å²) in [4.78, 5) is 10.8. The number of aliphatic carboxylic acids is 1. The van der Waals surface area contributed by atoms with E-state index in [1.807, 2.05) is 6.07 Å². The van der Waals surface area contributed by atoms with E-state index in [0.717, 1.165) is 30.6 Å². The quantitative estimate of drug-likeness (QED) is 0.851. The molecule has 2 rings (SSSR count). The van der Waals surface area contributed by atoms with Gasteiger partial charge in [0.05, 0.1) is 13.0 Å². The molecule has 1 aromatic carbocycles. The Bertz CT molecular complexity index is 425. The number of ether oxygens (including phenoxy) is 1. The molecule has 1 fully saturated rings. The lowest BCUT2D eigenvalue weighted by Gasteiger charge is -2.09. The first kappa shape index (κ1) is 12.0. The second kappa shape index (κ2) is 4.78. The summed E-state index contributed by atoms with van der Waals surface area (Å²) >= 11 is 0. The second-order valence-electron chi connectivity index (χ2n) is 4.64. The maximum Gasteiger partial charge on any atom is 0.306 e. The molecule has 1 aliphatic rings. The topological polar surface area (TPSA) is 46.5 Å². The fourth-order valence-electron chi connectivity index (χ4n) is 2.27. The number of hydrogen-bond donors (Lipinski definition) is 1. The number of carboxylic acid groups (broad SMARTS) is 1. The minimum atomic E-state index is -0.666. The zero-order chi connectivity index (χ0) is 12.4. The van der Waals surface area contributed by atoms with Crippen LogP contribution >= 0.6 is 0 Å². The molecule has 1 N–H and O–H groups in total. The number of rotatable bonds is 5. The highest BCUT2D eigenvalue weighted by Crippen LogP contribution is 2.42. The summed E-state index contributed by atoms with van der Waals surface area (Å²) in [6.45, 7) is 2.11. The third-order valence-corrected chi connectivity index (χ3v) is 3.47. The number of carbonyl (C=O) groups is 1. The lowest BCUT2D eigenvalue weighted by atomic mass is 10.0. The number of carboxylic acids is 1. The van der Waals surface area contributed by atoms with Crippen LogP contribution < -0.4 is 4.74 Å². The van der Waals surface area contributed by atoms with Gasteiger partial charge in [-0.1, -0.05) is 19.1 Å². The van der Waals surface area contributed by atoms with Crippen molar-refractivity contribution < 1.29 is 14.6 Å². The summed E-state index contributed by atoms with van der Waals surface area (Å²) in [5, 5.41) is 8.90. The van der Waals surface area contributed by atoms with Gasteiger partial charge in [-0.25, -0.2) is 0 Å². The van der Waals surface area contributed by atoms with E-state index in [2.05, 4.69) is 19.1 Å². The summed E-state index contributed by atoms with van der Waals surface area (Å²) in [7, 11) is 1.66. The Morgan fingerprint density at radius 2 is 2.29 bits per heavy atom. The molecule has 1 aromatic rings. The Balaban J connectivity index is 2.11. The van der Waals surface area contributed by atoms with E-state index in [1.54, 1.807) is 7.11 Å². The monoisotopic (exact) mass is 234 g/mol. The normalized spacial score (nSPS) is 22.2. The van der Waals surface area contributed by atoms with Crippen LogP contribution in [0.15, 0.2) is 18.2 Å². The van der Waals surface area contributed by atoms with Crippen molar-refractivity contribution in [3.63, 3.8) is 0 Å². The first-order valence-electron chi connectivity index (χ1n) is 6.04. The van der Waals surface area contributed by atoms with E-state index in [9.17, 15) is 4.79 Å². The van der Waals surface area contributed by atoms with Gasteiger partial charge in [0, 0.05) is 0 Å². The van der Waals surface area contributed by atoms with E-state index in [4.69, 9.17) is 9.84 Å². The zero-order valence-electron chi connectivity index (χ0n) is 10.3. The number of aryl methyl sites for hydroxylation is 1. The van der Waals surface area contributed by atoms with Crippen LogP contribution in [0.5, 0.6) is 5.75 Å².